The average molecular weight is 541 g/mol. The number of aryl methyl sites for hydroxylation is 2. The summed E-state index contributed by atoms with van der Waals surface area (Å²) in [6.45, 7) is 9.70. The standard InChI is InChI=1S/C25H29FN8O3S/c1-5-6-16-7-8-18(26)20(9-16)38(35,36)33-21-11-27-19(10-28-21)23-29-24-22(15(4)31-32-24)25(30-23)37-17-12-34(13-17)14(2)3/h7-11,14,17H,5-6,12-13H2,1-4H3,(H,28,33)(H,29,30,31,32). The number of halogens is 1. The zero-order chi connectivity index (χ0) is 27.0. The van der Waals surface area contributed by atoms with Crippen LogP contribution in [0.2, 0.25) is 0 Å². The smallest absolute Gasteiger partial charge is 0.266 e. The van der Waals surface area contributed by atoms with E-state index in [4.69, 9.17) is 4.74 Å². The van der Waals surface area contributed by atoms with E-state index in [2.05, 4.69) is 53.6 Å². The zero-order valence-corrected chi connectivity index (χ0v) is 22.4. The first-order valence-corrected chi connectivity index (χ1v) is 13.9. The number of nitrogens with zero attached hydrogens (tertiary/aromatic N) is 6. The highest BCUT2D eigenvalue weighted by Crippen LogP contribution is 2.29. The number of hydrogen-bond acceptors (Lipinski definition) is 9. The molecule has 38 heavy (non-hydrogen) atoms. The van der Waals surface area contributed by atoms with Crippen molar-refractivity contribution in [2.75, 3.05) is 17.8 Å². The molecule has 0 bridgehead atoms. The number of H-pyrrole nitrogens is 1. The van der Waals surface area contributed by atoms with Gasteiger partial charge in [0.05, 0.1) is 12.4 Å². The van der Waals surface area contributed by atoms with E-state index in [1.807, 2.05) is 13.8 Å². The van der Waals surface area contributed by atoms with Crippen molar-refractivity contribution in [3.05, 3.63) is 47.7 Å². The van der Waals surface area contributed by atoms with E-state index in [0.717, 1.165) is 36.8 Å². The van der Waals surface area contributed by atoms with Gasteiger partial charge in [-0.15, -0.1) is 0 Å². The van der Waals surface area contributed by atoms with E-state index in [1.165, 1.54) is 18.5 Å². The third-order valence-corrected chi connectivity index (χ3v) is 7.76. The van der Waals surface area contributed by atoms with Crippen LogP contribution in [0.15, 0.2) is 35.5 Å². The molecule has 1 aliphatic heterocycles. The zero-order valence-electron chi connectivity index (χ0n) is 21.6. The van der Waals surface area contributed by atoms with Gasteiger partial charge in [-0.2, -0.15) is 10.1 Å². The molecule has 13 heteroatoms. The monoisotopic (exact) mass is 540 g/mol. The molecular formula is C25H29FN8O3S. The van der Waals surface area contributed by atoms with Crippen molar-refractivity contribution < 1.29 is 17.5 Å². The van der Waals surface area contributed by atoms with Crippen molar-refractivity contribution in [3.8, 4) is 17.4 Å². The fourth-order valence-corrected chi connectivity index (χ4v) is 5.36. The number of ether oxygens (including phenoxy) is 1. The number of sulfonamides is 1. The summed E-state index contributed by atoms with van der Waals surface area (Å²) in [5.41, 5.74) is 2.24. The van der Waals surface area contributed by atoms with Gasteiger partial charge in [0.15, 0.2) is 17.3 Å². The lowest BCUT2D eigenvalue weighted by Gasteiger charge is -2.41. The molecule has 0 unspecified atom stereocenters. The van der Waals surface area contributed by atoms with Crippen molar-refractivity contribution in [3.63, 3.8) is 0 Å². The number of nitrogens with one attached hydrogen (secondary N) is 2. The van der Waals surface area contributed by atoms with Crippen LogP contribution < -0.4 is 9.46 Å². The Bertz CT molecular complexity index is 1570. The van der Waals surface area contributed by atoms with E-state index < -0.39 is 20.7 Å². The Hall–Kier alpha value is -3.71. The van der Waals surface area contributed by atoms with E-state index in [-0.39, 0.29) is 17.7 Å². The Morgan fingerprint density at radius 3 is 2.68 bits per heavy atom. The van der Waals surface area contributed by atoms with E-state index >= 15 is 0 Å². The van der Waals surface area contributed by atoms with E-state index in [1.54, 1.807) is 6.07 Å². The van der Waals surface area contributed by atoms with Crippen molar-refractivity contribution in [2.24, 2.45) is 0 Å². The minimum absolute atomic E-state index is 0.00302. The van der Waals surface area contributed by atoms with Gasteiger partial charge in [0.2, 0.25) is 5.88 Å². The summed E-state index contributed by atoms with van der Waals surface area (Å²) in [6.07, 6.45) is 4.02. The van der Waals surface area contributed by atoms with Gasteiger partial charge < -0.3 is 4.74 Å². The molecule has 0 amide bonds. The van der Waals surface area contributed by atoms with E-state index in [9.17, 15) is 12.8 Å². The molecule has 0 atom stereocenters. The number of aromatic nitrogens is 6. The highest BCUT2D eigenvalue weighted by molar-refractivity contribution is 7.92. The van der Waals surface area contributed by atoms with Crippen LogP contribution in [0.25, 0.3) is 22.6 Å². The number of benzene rings is 1. The number of anilines is 1. The second kappa shape index (κ2) is 10.2. The molecule has 0 saturated carbocycles. The third-order valence-electron chi connectivity index (χ3n) is 6.39. The molecule has 0 radical (unpaired) electrons. The molecule has 4 aromatic rings. The molecule has 11 nitrogen and oxygen atoms in total. The summed E-state index contributed by atoms with van der Waals surface area (Å²) in [6, 6.07) is 4.51. The highest BCUT2D eigenvalue weighted by atomic mass is 32.2. The summed E-state index contributed by atoms with van der Waals surface area (Å²) >= 11 is 0. The fourth-order valence-electron chi connectivity index (χ4n) is 4.24. The molecule has 200 valence electrons. The molecule has 0 aliphatic carbocycles. The summed E-state index contributed by atoms with van der Waals surface area (Å²) in [7, 11) is -4.21. The topological polar surface area (TPSA) is 139 Å². The molecule has 1 fully saturated rings. The van der Waals surface area contributed by atoms with Crippen molar-refractivity contribution in [1.82, 2.24) is 35.0 Å². The van der Waals surface area contributed by atoms with Crippen LogP contribution in [0.5, 0.6) is 5.88 Å². The molecule has 1 aliphatic rings. The van der Waals surface area contributed by atoms with E-state index in [0.29, 0.717) is 35.1 Å². The quantitative estimate of drug-likeness (QED) is 0.327. The number of likely N-dealkylation sites (tertiary alicyclic amines) is 1. The number of hydrogen-bond donors (Lipinski definition) is 2. The molecule has 4 heterocycles. The highest BCUT2D eigenvalue weighted by Gasteiger charge is 2.31. The summed E-state index contributed by atoms with van der Waals surface area (Å²) in [5, 5.41) is 7.85. The predicted molar refractivity (Wildman–Crippen MR) is 140 cm³/mol. The first-order valence-electron chi connectivity index (χ1n) is 12.4. The molecule has 1 saturated heterocycles. The normalized spacial score (nSPS) is 14.7. The van der Waals surface area contributed by atoms with Crippen molar-refractivity contribution in [2.45, 2.75) is 57.6 Å². The lowest BCUT2D eigenvalue weighted by atomic mass is 10.1. The van der Waals surface area contributed by atoms with Crippen LogP contribution in [-0.2, 0) is 16.4 Å². The molecule has 5 rings (SSSR count). The first kappa shape index (κ1) is 25.9. The second-order valence-corrected chi connectivity index (χ2v) is 11.2. The van der Waals surface area contributed by atoms with Gasteiger partial charge in [-0.05, 0) is 44.9 Å². The Morgan fingerprint density at radius 1 is 1.21 bits per heavy atom. The minimum atomic E-state index is -4.21. The summed E-state index contributed by atoms with van der Waals surface area (Å²) in [5.74, 6) is -0.267. The largest absolute Gasteiger partial charge is 0.471 e. The minimum Gasteiger partial charge on any atom is -0.471 e. The summed E-state index contributed by atoms with van der Waals surface area (Å²) in [4.78, 5) is 19.4. The van der Waals surface area contributed by atoms with Gasteiger partial charge in [0.1, 0.15) is 27.9 Å². The number of rotatable bonds is 9. The van der Waals surface area contributed by atoms with Gasteiger partial charge in [-0.25, -0.2) is 27.8 Å². The molecule has 2 N–H and O–H groups in total. The maximum Gasteiger partial charge on any atom is 0.266 e. The molecule has 0 spiro atoms. The number of fused-ring (bicyclic) bond motifs is 1. The Labute approximate surface area is 219 Å². The van der Waals surface area contributed by atoms with Crippen molar-refractivity contribution in [1.29, 1.82) is 0 Å². The third kappa shape index (κ3) is 5.16. The first-order chi connectivity index (χ1) is 18.1. The predicted octanol–water partition coefficient (Wildman–Crippen LogP) is 3.48. The fraction of sp³-hybridized carbons (Fsp3) is 0.400. The van der Waals surface area contributed by atoms with Crippen molar-refractivity contribution >= 4 is 26.9 Å². The van der Waals surface area contributed by atoms with Crippen LogP contribution in [0, 0.1) is 12.7 Å². The Balaban J connectivity index is 1.38. The van der Waals surface area contributed by atoms with Crippen LogP contribution >= 0.6 is 0 Å². The van der Waals surface area contributed by atoms with Crippen LogP contribution in [0.1, 0.15) is 38.4 Å². The lowest BCUT2D eigenvalue weighted by molar-refractivity contribution is -0.00136. The van der Waals surface area contributed by atoms with Gasteiger partial charge in [0, 0.05) is 24.8 Å². The maximum atomic E-state index is 14.3. The maximum absolute atomic E-state index is 14.3. The van der Waals surface area contributed by atoms with Crippen LogP contribution in [0.3, 0.4) is 0 Å². The molecule has 3 aromatic heterocycles. The molecular weight excluding hydrogens is 511 g/mol. The lowest BCUT2D eigenvalue weighted by Crippen LogP contribution is -2.56. The Morgan fingerprint density at radius 2 is 2.00 bits per heavy atom. The van der Waals surface area contributed by atoms with Gasteiger partial charge in [0.25, 0.3) is 10.0 Å². The van der Waals surface area contributed by atoms with Crippen LogP contribution in [0.4, 0.5) is 10.2 Å². The summed E-state index contributed by atoms with van der Waals surface area (Å²) < 4.78 is 48.5. The SMILES string of the molecule is CCCc1ccc(F)c(S(=O)(=O)Nc2cnc(-c3nc(OC4CN(C(C)C)C4)c4c(C)[nH]nc4n3)cn2)c1. The van der Waals surface area contributed by atoms with Gasteiger partial charge >= 0.3 is 0 Å². The second-order valence-electron chi connectivity index (χ2n) is 9.59. The van der Waals surface area contributed by atoms with Gasteiger partial charge in [-0.1, -0.05) is 19.4 Å². The molecule has 1 aromatic carbocycles. The number of aromatic amines is 1. The van der Waals surface area contributed by atoms with Gasteiger partial charge in [-0.3, -0.25) is 14.7 Å². The van der Waals surface area contributed by atoms with Crippen LogP contribution in [-0.4, -0.2) is 68.7 Å². The Kier molecular flexibility index (Phi) is 6.97. The average Bonchev–Trinajstić information content (AvgIpc) is 3.23.